The maximum absolute atomic E-state index is 5.12. The minimum Gasteiger partial charge on any atom is -0.256 e. The fraction of sp³-hybridized carbons (Fsp3) is 0.174. The Morgan fingerprint density at radius 3 is 2.25 bits per heavy atom. The molecule has 0 radical (unpaired) electrons. The molecular weight excluding hydrogens is 581 g/mol. The predicted octanol–water partition coefficient (Wildman–Crippen LogP) is 11.8. The molecular formula is C46H34N2. The van der Waals surface area contributed by atoms with Crippen molar-refractivity contribution in [2.45, 2.75) is 43.9 Å². The first-order valence-electron chi connectivity index (χ1n) is 17.7. The Hall–Kier alpha value is -5.34. The Labute approximate surface area is 280 Å². The molecule has 3 atom stereocenters. The average Bonchev–Trinajstić information content (AvgIpc) is 3.66. The Morgan fingerprint density at radius 1 is 0.646 bits per heavy atom. The molecule has 228 valence electrons. The van der Waals surface area contributed by atoms with Crippen molar-refractivity contribution in [3.63, 3.8) is 0 Å². The molecule has 0 saturated carbocycles. The van der Waals surface area contributed by atoms with E-state index in [0.717, 1.165) is 30.7 Å². The van der Waals surface area contributed by atoms with Gasteiger partial charge in [-0.05, 0) is 135 Å². The zero-order valence-corrected chi connectivity index (χ0v) is 26.8. The van der Waals surface area contributed by atoms with Gasteiger partial charge in [0.15, 0.2) is 0 Å². The van der Waals surface area contributed by atoms with Crippen LogP contribution in [0.25, 0.3) is 71.9 Å². The van der Waals surface area contributed by atoms with Crippen molar-refractivity contribution in [3.05, 3.63) is 150 Å². The van der Waals surface area contributed by atoms with Gasteiger partial charge in [0.2, 0.25) is 0 Å². The number of fused-ring (bicyclic) bond motifs is 8. The van der Waals surface area contributed by atoms with Gasteiger partial charge >= 0.3 is 0 Å². The first-order chi connectivity index (χ1) is 23.9. The second kappa shape index (κ2) is 10.1. The highest BCUT2D eigenvalue weighted by molar-refractivity contribution is 6.28. The van der Waals surface area contributed by atoms with Crippen molar-refractivity contribution in [1.29, 1.82) is 0 Å². The van der Waals surface area contributed by atoms with Crippen LogP contribution in [0.4, 0.5) is 0 Å². The number of hydrogen-bond acceptors (Lipinski definition) is 2. The summed E-state index contributed by atoms with van der Waals surface area (Å²) in [5.41, 5.74) is 17.3. The van der Waals surface area contributed by atoms with Crippen molar-refractivity contribution in [3.8, 4) is 44.8 Å². The van der Waals surface area contributed by atoms with Crippen LogP contribution in [0.1, 0.15) is 59.8 Å². The van der Waals surface area contributed by atoms with Gasteiger partial charge < -0.3 is 0 Å². The van der Waals surface area contributed by atoms with Crippen molar-refractivity contribution < 1.29 is 0 Å². The zero-order valence-electron chi connectivity index (χ0n) is 26.8. The predicted molar refractivity (Wildman–Crippen MR) is 199 cm³/mol. The van der Waals surface area contributed by atoms with Gasteiger partial charge in [-0.2, -0.15) is 0 Å². The molecule has 48 heavy (non-hydrogen) atoms. The average molecular weight is 615 g/mol. The lowest BCUT2D eigenvalue weighted by Crippen LogP contribution is -2.14. The summed E-state index contributed by atoms with van der Waals surface area (Å²) in [6.07, 6.45) is 26.2. The molecule has 2 aromatic heterocycles. The van der Waals surface area contributed by atoms with E-state index >= 15 is 0 Å². The highest BCUT2D eigenvalue weighted by Crippen LogP contribution is 2.62. The summed E-state index contributed by atoms with van der Waals surface area (Å²) in [5, 5.41) is 5.40. The molecule has 2 heteroatoms. The van der Waals surface area contributed by atoms with E-state index < -0.39 is 0 Å². The minimum atomic E-state index is 0.430. The molecule has 0 amide bonds. The number of hydrogen-bond donors (Lipinski definition) is 0. The molecule has 0 saturated heterocycles. The minimum absolute atomic E-state index is 0.430. The summed E-state index contributed by atoms with van der Waals surface area (Å²) in [4.78, 5) is 10.2. The number of aryl methyl sites for hydroxylation is 1. The molecule has 5 aliphatic carbocycles. The van der Waals surface area contributed by atoms with Crippen LogP contribution in [-0.2, 0) is 6.42 Å². The SMILES string of the molecule is C1=CC2c3cc4c(-c5ccccn5)c5c(c(-c6ccccn6)c4c4c3C(CCC4)C2C=C1)-c1cccc2c(C3=CCCC=C3)ccc-5c12. The number of aromatic nitrogens is 2. The van der Waals surface area contributed by atoms with Gasteiger partial charge in [0.1, 0.15) is 0 Å². The van der Waals surface area contributed by atoms with Gasteiger partial charge in [0.05, 0.1) is 11.4 Å². The maximum Gasteiger partial charge on any atom is 0.0714 e. The van der Waals surface area contributed by atoms with Crippen LogP contribution >= 0.6 is 0 Å². The van der Waals surface area contributed by atoms with E-state index in [2.05, 4.69) is 103 Å². The molecule has 4 aromatic carbocycles. The van der Waals surface area contributed by atoms with Crippen LogP contribution in [0.15, 0.2) is 128 Å². The van der Waals surface area contributed by atoms with E-state index in [4.69, 9.17) is 9.97 Å². The number of rotatable bonds is 3. The molecule has 2 heterocycles. The Balaban J connectivity index is 1.35. The molecule has 0 spiro atoms. The van der Waals surface area contributed by atoms with E-state index in [-0.39, 0.29) is 0 Å². The van der Waals surface area contributed by atoms with Crippen LogP contribution in [-0.4, -0.2) is 9.97 Å². The van der Waals surface area contributed by atoms with E-state index in [1.807, 2.05) is 24.5 Å². The van der Waals surface area contributed by atoms with E-state index in [1.54, 1.807) is 11.1 Å². The Kier molecular flexibility index (Phi) is 5.61. The van der Waals surface area contributed by atoms with E-state index in [1.165, 1.54) is 84.5 Å². The zero-order chi connectivity index (χ0) is 31.3. The second-order valence-electron chi connectivity index (χ2n) is 14.1. The number of nitrogens with zero attached hydrogens (tertiary/aromatic N) is 2. The van der Waals surface area contributed by atoms with E-state index in [9.17, 15) is 0 Å². The number of allylic oxidation sites excluding steroid dienone is 8. The van der Waals surface area contributed by atoms with Gasteiger partial charge in [-0.3, -0.25) is 9.97 Å². The quantitative estimate of drug-likeness (QED) is 0.198. The summed E-state index contributed by atoms with van der Waals surface area (Å²) >= 11 is 0. The van der Waals surface area contributed by atoms with Gasteiger partial charge in [-0.15, -0.1) is 0 Å². The third-order valence-corrected chi connectivity index (χ3v) is 11.8. The van der Waals surface area contributed by atoms with Gasteiger partial charge in [0.25, 0.3) is 0 Å². The summed E-state index contributed by atoms with van der Waals surface area (Å²) in [6.45, 7) is 0. The standard InChI is InChI=1S/C46H34N2/c1-2-12-27(13-3-1)28-22-23-35-40-31(28)16-10-19-34(40)45-44(35)43(38-20-6-8-24-47-38)37-26-36-30-15-5-4-14-29(30)32-17-11-18-33(41(32)36)42(37)46(45)39-21-7-9-25-48-39/h2,4-10,12-16,19-26,29-30,32H,1,3,11,17-18H2. The highest BCUT2D eigenvalue weighted by atomic mass is 14.7. The topological polar surface area (TPSA) is 25.8 Å². The summed E-state index contributed by atoms with van der Waals surface area (Å²) in [5.74, 6) is 1.54. The lowest BCUT2D eigenvalue weighted by molar-refractivity contribution is 0.454. The van der Waals surface area contributed by atoms with Crippen LogP contribution in [0, 0.1) is 5.92 Å². The summed E-state index contributed by atoms with van der Waals surface area (Å²) in [6, 6.07) is 27.1. The molecule has 2 nitrogen and oxygen atoms in total. The first kappa shape index (κ1) is 26.7. The van der Waals surface area contributed by atoms with Crippen molar-refractivity contribution in [2.75, 3.05) is 0 Å². The number of benzene rings is 4. The van der Waals surface area contributed by atoms with Gasteiger partial charge in [0, 0.05) is 40.6 Å². The number of pyridine rings is 2. The largest absolute Gasteiger partial charge is 0.256 e. The third-order valence-electron chi connectivity index (χ3n) is 11.8. The van der Waals surface area contributed by atoms with Crippen LogP contribution in [0.3, 0.4) is 0 Å². The fourth-order valence-electron chi connectivity index (χ4n) is 10.1. The molecule has 0 bridgehead atoms. The lowest BCUT2D eigenvalue weighted by Gasteiger charge is -2.29. The van der Waals surface area contributed by atoms with Crippen molar-refractivity contribution >= 4 is 27.1 Å². The molecule has 0 N–H and O–H groups in total. The molecule has 0 aliphatic heterocycles. The summed E-state index contributed by atoms with van der Waals surface area (Å²) < 4.78 is 0. The van der Waals surface area contributed by atoms with Gasteiger partial charge in [-0.25, -0.2) is 0 Å². The fourth-order valence-corrected chi connectivity index (χ4v) is 10.1. The van der Waals surface area contributed by atoms with Crippen LogP contribution in [0.2, 0.25) is 0 Å². The lowest BCUT2D eigenvalue weighted by atomic mass is 9.75. The molecule has 5 aliphatic rings. The summed E-state index contributed by atoms with van der Waals surface area (Å²) in [7, 11) is 0. The van der Waals surface area contributed by atoms with Crippen LogP contribution in [0.5, 0.6) is 0 Å². The molecule has 3 unspecified atom stereocenters. The van der Waals surface area contributed by atoms with Crippen molar-refractivity contribution in [1.82, 2.24) is 9.97 Å². The molecule has 0 fully saturated rings. The highest BCUT2D eigenvalue weighted by Gasteiger charge is 2.43. The molecule has 6 aromatic rings. The van der Waals surface area contributed by atoms with Crippen LogP contribution < -0.4 is 0 Å². The Bertz CT molecular complexity index is 2480. The second-order valence-corrected chi connectivity index (χ2v) is 14.1. The molecule has 11 rings (SSSR count). The van der Waals surface area contributed by atoms with Crippen molar-refractivity contribution in [2.24, 2.45) is 5.92 Å². The smallest absolute Gasteiger partial charge is 0.0714 e. The normalized spacial score (nSPS) is 21.0. The van der Waals surface area contributed by atoms with Gasteiger partial charge in [-0.1, -0.05) is 85.0 Å². The first-order valence-corrected chi connectivity index (χ1v) is 17.7. The Morgan fingerprint density at radius 2 is 1.44 bits per heavy atom. The monoisotopic (exact) mass is 614 g/mol. The maximum atomic E-state index is 5.12. The third kappa shape index (κ3) is 3.53. The van der Waals surface area contributed by atoms with E-state index in [0.29, 0.717) is 17.8 Å².